The summed E-state index contributed by atoms with van der Waals surface area (Å²) in [6.07, 6.45) is -0.576. The summed E-state index contributed by atoms with van der Waals surface area (Å²) in [5, 5.41) is 6.53. The van der Waals surface area contributed by atoms with Crippen molar-refractivity contribution in [1.29, 1.82) is 0 Å². The number of anilines is 1. The molecule has 0 radical (unpaired) electrons. The fraction of sp³-hybridized carbons (Fsp3) is 0.222. The van der Waals surface area contributed by atoms with Crippen LogP contribution in [-0.4, -0.2) is 31.4 Å². The molecule has 3 rings (SSSR count). The lowest BCUT2D eigenvalue weighted by atomic mass is 10.0. The highest BCUT2D eigenvalue weighted by Crippen LogP contribution is 2.30. The van der Waals surface area contributed by atoms with Gasteiger partial charge in [-0.3, -0.25) is 4.79 Å². The molecule has 1 unspecified atom stereocenters. The second-order valence-corrected chi connectivity index (χ2v) is 5.96. The van der Waals surface area contributed by atoms with Crippen LogP contribution in [0.2, 0.25) is 5.02 Å². The molecule has 9 heteroatoms. The normalized spacial score (nSPS) is 15.9. The fourth-order valence-electron chi connectivity index (χ4n) is 2.55. The maximum Gasteiger partial charge on any atom is 0.387 e. The summed E-state index contributed by atoms with van der Waals surface area (Å²) in [6.45, 7) is -2.99. The third-order valence-corrected chi connectivity index (χ3v) is 4.09. The van der Waals surface area contributed by atoms with Gasteiger partial charge in [-0.2, -0.15) is 8.78 Å². The number of carbonyl (C=O) groups excluding carboxylic acids is 1. The van der Waals surface area contributed by atoms with Crippen molar-refractivity contribution in [3.8, 4) is 11.5 Å². The van der Waals surface area contributed by atoms with Crippen molar-refractivity contribution in [3.05, 3.63) is 53.1 Å². The lowest BCUT2D eigenvalue weighted by Crippen LogP contribution is -2.28. The molecule has 1 aliphatic rings. The van der Waals surface area contributed by atoms with Crippen molar-refractivity contribution < 1.29 is 27.9 Å². The van der Waals surface area contributed by atoms with Gasteiger partial charge in [-0.15, -0.1) is 0 Å². The van der Waals surface area contributed by atoms with Crippen LogP contribution in [0, 0.1) is 0 Å². The summed E-state index contributed by atoms with van der Waals surface area (Å²) in [7, 11) is 1.55. The van der Waals surface area contributed by atoms with E-state index in [0.29, 0.717) is 17.1 Å². The monoisotopic (exact) mass is 396 g/mol. The zero-order valence-electron chi connectivity index (χ0n) is 14.1. The number of rotatable bonds is 6. The van der Waals surface area contributed by atoms with E-state index >= 15 is 0 Å². The van der Waals surface area contributed by atoms with E-state index < -0.39 is 18.6 Å². The standard InChI is InChI=1S/C18H15ClF2N2O4/c1-25-14-5-3-2-4-11(14)13-9-16(27-23-13)17(24)22-10-6-7-15(12(19)8-10)26-18(20)21/h2-8,16,18H,9H2,1H3,(H,22,24). The molecule has 6 nitrogen and oxygen atoms in total. The molecule has 0 aliphatic carbocycles. The number of hydrogen-bond donors (Lipinski definition) is 1. The summed E-state index contributed by atoms with van der Waals surface area (Å²) in [5.74, 6) is 0.00752. The molecule has 0 saturated heterocycles. The zero-order valence-corrected chi connectivity index (χ0v) is 14.9. The quantitative estimate of drug-likeness (QED) is 0.798. The van der Waals surface area contributed by atoms with E-state index in [1.807, 2.05) is 18.2 Å². The molecule has 1 N–H and O–H groups in total. The number of halogens is 3. The molecular formula is C18H15ClF2N2O4. The predicted molar refractivity (Wildman–Crippen MR) is 95.7 cm³/mol. The maximum absolute atomic E-state index is 12.4. The number of nitrogens with zero attached hydrogens (tertiary/aromatic N) is 1. The Hall–Kier alpha value is -2.87. The minimum Gasteiger partial charge on any atom is -0.496 e. The average molecular weight is 397 g/mol. The summed E-state index contributed by atoms with van der Waals surface area (Å²) in [4.78, 5) is 17.6. The Morgan fingerprint density at radius 3 is 2.78 bits per heavy atom. The maximum atomic E-state index is 12.4. The van der Waals surface area contributed by atoms with Crippen LogP contribution in [0.1, 0.15) is 12.0 Å². The van der Waals surface area contributed by atoms with Crippen molar-refractivity contribution in [2.24, 2.45) is 5.16 Å². The second kappa shape index (κ2) is 8.22. The number of alkyl halides is 2. The van der Waals surface area contributed by atoms with Gasteiger partial charge in [0.15, 0.2) is 0 Å². The zero-order chi connectivity index (χ0) is 19.4. The third kappa shape index (κ3) is 4.46. The smallest absolute Gasteiger partial charge is 0.387 e. The molecule has 1 atom stereocenters. The van der Waals surface area contributed by atoms with E-state index in [0.717, 1.165) is 5.56 Å². The van der Waals surface area contributed by atoms with Crippen molar-refractivity contribution in [2.75, 3.05) is 12.4 Å². The largest absolute Gasteiger partial charge is 0.496 e. The van der Waals surface area contributed by atoms with E-state index in [-0.39, 0.29) is 17.2 Å². The molecule has 2 aromatic rings. The van der Waals surface area contributed by atoms with Crippen molar-refractivity contribution in [3.63, 3.8) is 0 Å². The van der Waals surface area contributed by atoms with Gasteiger partial charge in [0.1, 0.15) is 11.5 Å². The van der Waals surface area contributed by atoms with Crippen LogP contribution in [0.4, 0.5) is 14.5 Å². The molecule has 27 heavy (non-hydrogen) atoms. The van der Waals surface area contributed by atoms with E-state index in [9.17, 15) is 13.6 Å². The summed E-state index contributed by atoms with van der Waals surface area (Å²) in [5.41, 5.74) is 1.65. The van der Waals surface area contributed by atoms with Gasteiger partial charge in [0.2, 0.25) is 6.10 Å². The summed E-state index contributed by atoms with van der Waals surface area (Å²) < 4.78 is 34.1. The highest BCUT2D eigenvalue weighted by Gasteiger charge is 2.30. The number of amides is 1. The highest BCUT2D eigenvalue weighted by atomic mass is 35.5. The first-order chi connectivity index (χ1) is 13.0. The molecule has 0 bridgehead atoms. The van der Waals surface area contributed by atoms with Gasteiger partial charge in [-0.25, -0.2) is 0 Å². The SMILES string of the molecule is COc1ccccc1C1=NOC(C(=O)Nc2ccc(OC(F)F)c(Cl)c2)C1. The van der Waals surface area contributed by atoms with Crippen molar-refractivity contribution in [1.82, 2.24) is 0 Å². The Morgan fingerprint density at radius 2 is 2.07 bits per heavy atom. The van der Waals surface area contributed by atoms with Gasteiger partial charge in [0.25, 0.3) is 5.91 Å². The molecule has 0 saturated carbocycles. The van der Waals surface area contributed by atoms with Gasteiger partial charge in [0, 0.05) is 17.7 Å². The number of oxime groups is 1. The number of carbonyl (C=O) groups is 1. The van der Waals surface area contributed by atoms with Gasteiger partial charge < -0.3 is 19.6 Å². The molecule has 0 spiro atoms. The van der Waals surface area contributed by atoms with Crippen LogP contribution in [0.25, 0.3) is 0 Å². The van der Waals surface area contributed by atoms with E-state index in [2.05, 4.69) is 15.2 Å². The number of ether oxygens (including phenoxy) is 2. The van der Waals surface area contributed by atoms with Crippen LogP contribution in [0.15, 0.2) is 47.6 Å². The first-order valence-electron chi connectivity index (χ1n) is 7.89. The van der Waals surface area contributed by atoms with Crippen LogP contribution in [-0.2, 0) is 9.63 Å². The number of hydrogen-bond acceptors (Lipinski definition) is 5. The Kier molecular flexibility index (Phi) is 5.75. The third-order valence-electron chi connectivity index (χ3n) is 3.79. The van der Waals surface area contributed by atoms with E-state index in [1.165, 1.54) is 18.2 Å². The van der Waals surface area contributed by atoms with E-state index in [1.54, 1.807) is 13.2 Å². The summed E-state index contributed by atoms with van der Waals surface area (Å²) >= 11 is 5.88. The number of benzene rings is 2. The highest BCUT2D eigenvalue weighted by molar-refractivity contribution is 6.32. The molecular weight excluding hydrogens is 382 g/mol. The minimum absolute atomic E-state index is 0.0496. The Balaban J connectivity index is 1.64. The van der Waals surface area contributed by atoms with Gasteiger partial charge in [-0.1, -0.05) is 28.9 Å². The number of nitrogens with one attached hydrogen (secondary N) is 1. The molecule has 1 amide bonds. The minimum atomic E-state index is -2.99. The Labute approximate surface area is 158 Å². The van der Waals surface area contributed by atoms with E-state index in [4.69, 9.17) is 21.2 Å². The average Bonchev–Trinajstić information content (AvgIpc) is 3.14. The Morgan fingerprint density at radius 1 is 1.30 bits per heavy atom. The van der Waals surface area contributed by atoms with Gasteiger partial charge >= 0.3 is 6.61 Å². The number of para-hydroxylation sites is 1. The van der Waals surface area contributed by atoms with Crippen LogP contribution < -0.4 is 14.8 Å². The van der Waals surface area contributed by atoms with Crippen LogP contribution in [0.5, 0.6) is 11.5 Å². The molecule has 1 aliphatic heterocycles. The molecule has 0 aromatic heterocycles. The fourth-order valence-corrected chi connectivity index (χ4v) is 2.78. The molecule has 2 aromatic carbocycles. The topological polar surface area (TPSA) is 69.2 Å². The van der Waals surface area contributed by atoms with Crippen molar-refractivity contribution in [2.45, 2.75) is 19.1 Å². The van der Waals surface area contributed by atoms with Gasteiger partial charge in [-0.05, 0) is 30.3 Å². The van der Waals surface area contributed by atoms with Crippen LogP contribution >= 0.6 is 11.6 Å². The molecule has 1 heterocycles. The molecule has 0 fully saturated rings. The van der Waals surface area contributed by atoms with Crippen LogP contribution in [0.3, 0.4) is 0 Å². The lowest BCUT2D eigenvalue weighted by molar-refractivity contribution is -0.125. The predicted octanol–water partition coefficient (Wildman–Crippen LogP) is 4.08. The second-order valence-electron chi connectivity index (χ2n) is 5.55. The molecule has 142 valence electrons. The Bertz CT molecular complexity index is 876. The van der Waals surface area contributed by atoms with Gasteiger partial charge in [0.05, 0.1) is 17.8 Å². The number of methoxy groups -OCH3 is 1. The van der Waals surface area contributed by atoms with Crippen molar-refractivity contribution >= 4 is 28.9 Å². The first-order valence-corrected chi connectivity index (χ1v) is 8.27. The summed E-state index contributed by atoms with van der Waals surface area (Å²) in [6, 6.07) is 11.2. The lowest BCUT2D eigenvalue weighted by Gasteiger charge is -2.12. The first kappa shape index (κ1) is 18.9.